The lowest BCUT2D eigenvalue weighted by Gasteiger charge is -2.29. The maximum Gasteiger partial charge on any atom is 0.0756 e. The third kappa shape index (κ3) is 0.939. The largest absolute Gasteiger partial charge is 0.296 e. The Morgan fingerprint density at radius 3 is 3.18 bits per heavy atom. The molecule has 0 bridgehead atoms. The van der Waals surface area contributed by atoms with Crippen molar-refractivity contribution >= 4 is 0 Å². The van der Waals surface area contributed by atoms with Crippen LogP contribution in [0.1, 0.15) is 18.7 Å². The van der Waals surface area contributed by atoms with E-state index in [2.05, 4.69) is 29.2 Å². The number of aromatic nitrogens is 3. The van der Waals surface area contributed by atoms with Gasteiger partial charge in [0.2, 0.25) is 0 Å². The molecule has 60 valence electrons. The maximum atomic E-state index is 3.98. The first-order valence-corrected chi connectivity index (χ1v) is 3.87. The van der Waals surface area contributed by atoms with Crippen LogP contribution in [0.4, 0.5) is 0 Å². The van der Waals surface area contributed by atoms with Crippen LogP contribution in [0.5, 0.6) is 0 Å². The second-order valence-corrected chi connectivity index (χ2v) is 3.04. The molecule has 2 rings (SSSR count). The van der Waals surface area contributed by atoms with Gasteiger partial charge in [-0.1, -0.05) is 5.21 Å². The summed E-state index contributed by atoms with van der Waals surface area (Å²) in [5.74, 6) is 0. The predicted octanol–water partition coefficient (Wildman–Crippen LogP) is 0.284. The highest BCUT2D eigenvalue weighted by Gasteiger charge is 2.21. The molecule has 0 N–H and O–H groups in total. The van der Waals surface area contributed by atoms with Crippen molar-refractivity contribution in [3.8, 4) is 0 Å². The number of nitrogens with zero attached hydrogens (tertiary/aromatic N) is 4. The van der Waals surface area contributed by atoms with E-state index in [1.807, 2.05) is 10.9 Å². The molecule has 0 amide bonds. The fraction of sp³-hybridized carbons (Fsp3) is 0.714. The number of rotatable bonds is 0. The SMILES string of the molecule is CC1c2cnnn2CCN1C. The second kappa shape index (κ2) is 2.30. The van der Waals surface area contributed by atoms with Gasteiger partial charge in [0.05, 0.1) is 24.5 Å². The Labute approximate surface area is 65.8 Å². The third-order valence-corrected chi connectivity index (χ3v) is 2.40. The van der Waals surface area contributed by atoms with Crippen molar-refractivity contribution in [1.29, 1.82) is 0 Å². The van der Waals surface area contributed by atoms with Crippen molar-refractivity contribution in [2.45, 2.75) is 19.5 Å². The molecule has 0 fully saturated rings. The van der Waals surface area contributed by atoms with Gasteiger partial charge in [0.1, 0.15) is 0 Å². The lowest BCUT2D eigenvalue weighted by atomic mass is 10.2. The van der Waals surface area contributed by atoms with Gasteiger partial charge in [-0.3, -0.25) is 4.90 Å². The summed E-state index contributed by atoms with van der Waals surface area (Å²) < 4.78 is 1.98. The summed E-state index contributed by atoms with van der Waals surface area (Å²) in [5, 5.41) is 7.86. The minimum Gasteiger partial charge on any atom is -0.296 e. The van der Waals surface area contributed by atoms with Crippen molar-refractivity contribution < 1.29 is 0 Å². The molecule has 0 spiro atoms. The average molecular weight is 152 g/mol. The lowest BCUT2D eigenvalue weighted by Crippen LogP contribution is -2.33. The van der Waals surface area contributed by atoms with E-state index in [4.69, 9.17) is 0 Å². The van der Waals surface area contributed by atoms with Crippen LogP contribution in [-0.2, 0) is 6.54 Å². The minimum absolute atomic E-state index is 0.457. The standard InChI is InChI=1S/C7H12N4/c1-6-7-5-8-9-11(7)4-3-10(6)2/h5-6H,3-4H2,1-2H3. The van der Waals surface area contributed by atoms with Crippen LogP contribution in [0, 0.1) is 0 Å². The van der Waals surface area contributed by atoms with E-state index in [1.165, 1.54) is 5.69 Å². The summed E-state index contributed by atoms with van der Waals surface area (Å²) >= 11 is 0. The van der Waals surface area contributed by atoms with Crippen molar-refractivity contribution in [3.05, 3.63) is 11.9 Å². The van der Waals surface area contributed by atoms with Gasteiger partial charge in [0.15, 0.2) is 0 Å². The van der Waals surface area contributed by atoms with Crippen molar-refractivity contribution in [2.24, 2.45) is 0 Å². The lowest BCUT2D eigenvalue weighted by molar-refractivity contribution is 0.202. The quantitative estimate of drug-likeness (QED) is 0.535. The first kappa shape index (κ1) is 6.79. The van der Waals surface area contributed by atoms with Crippen LogP contribution in [-0.4, -0.2) is 33.5 Å². The van der Waals surface area contributed by atoms with Gasteiger partial charge in [-0.25, -0.2) is 4.68 Å². The van der Waals surface area contributed by atoms with Gasteiger partial charge < -0.3 is 0 Å². The predicted molar refractivity (Wildman–Crippen MR) is 41.1 cm³/mol. The van der Waals surface area contributed by atoms with E-state index in [-0.39, 0.29) is 0 Å². The Balaban J connectivity index is 2.38. The molecular weight excluding hydrogens is 140 g/mol. The topological polar surface area (TPSA) is 34.0 Å². The highest BCUT2D eigenvalue weighted by Crippen LogP contribution is 2.20. The summed E-state index contributed by atoms with van der Waals surface area (Å²) in [6.45, 7) is 4.21. The van der Waals surface area contributed by atoms with Gasteiger partial charge in [0.25, 0.3) is 0 Å². The van der Waals surface area contributed by atoms with E-state index in [9.17, 15) is 0 Å². The van der Waals surface area contributed by atoms with Crippen LogP contribution in [0.2, 0.25) is 0 Å². The number of hydrogen-bond donors (Lipinski definition) is 0. The molecule has 11 heavy (non-hydrogen) atoms. The Morgan fingerprint density at radius 1 is 1.55 bits per heavy atom. The Morgan fingerprint density at radius 2 is 2.36 bits per heavy atom. The molecule has 1 aliphatic heterocycles. The van der Waals surface area contributed by atoms with Crippen LogP contribution >= 0.6 is 0 Å². The first-order chi connectivity index (χ1) is 5.29. The molecule has 1 aromatic rings. The Bertz CT molecular complexity index is 255. The molecular formula is C7H12N4. The van der Waals surface area contributed by atoms with Gasteiger partial charge in [0, 0.05) is 6.54 Å². The molecule has 1 aromatic heterocycles. The molecule has 0 saturated carbocycles. The maximum absolute atomic E-state index is 3.98. The summed E-state index contributed by atoms with van der Waals surface area (Å²) in [6, 6.07) is 0.457. The van der Waals surface area contributed by atoms with E-state index in [1.54, 1.807) is 0 Å². The van der Waals surface area contributed by atoms with Gasteiger partial charge >= 0.3 is 0 Å². The van der Waals surface area contributed by atoms with E-state index in [0.29, 0.717) is 6.04 Å². The summed E-state index contributed by atoms with van der Waals surface area (Å²) in [6.07, 6.45) is 1.85. The van der Waals surface area contributed by atoms with Crippen LogP contribution in [0.15, 0.2) is 6.20 Å². The minimum atomic E-state index is 0.457. The van der Waals surface area contributed by atoms with Gasteiger partial charge in [-0.15, -0.1) is 5.10 Å². The molecule has 4 heteroatoms. The van der Waals surface area contributed by atoms with Crippen molar-refractivity contribution in [2.75, 3.05) is 13.6 Å². The molecule has 1 unspecified atom stereocenters. The fourth-order valence-corrected chi connectivity index (χ4v) is 1.43. The zero-order valence-corrected chi connectivity index (χ0v) is 6.86. The summed E-state index contributed by atoms with van der Waals surface area (Å²) in [7, 11) is 2.13. The molecule has 1 aliphatic rings. The van der Waals surface area contributed by atoms with Crippen LogP contribution in [0.3, 0.4) is 0 Å². The first-order valence-electron chi connectivity index (χ1n) is 3.87. The molecule has 4 nitrogen and oxygen atoms in total. The van der Waals surface area contributed by atoms with Crippen molar-refractivity contribution in [3.63, 3.8) is 0 Å². The highest BCUT2D eigenvalue weighted by atomic mass is 15.5. The smallest absolute Gasteiger partial charge is 0.0756 e. The van der Waals surface area contributed by atoms with Crippen molar-refractivity contribution in [1.82, 2.24) is 19.9 Å². The second-order valence-electron chi connectivity index (χ2n) is 3.04. The van der Waals surface area contributed by atoms with Gasteiger partial charge in [-0.05, 0) is 14.0 Å². The molecule has 0 saturated heterocycles. The number of hydrogen-bond acceptors (Lipinski definition) is 3. The molecule has 0 radical (unpaired) electrons. The fourth-order valence-electron chi connectivity index (χ4n) is 1.43. The third-order valence-electron chi connectivity index (χ3n) is 2.40. The van der Waals surface area contributed by atoms with Crippen LogP contribution < -0.4 is 0 Å². The zero-order valence-electron chi connectivity index (χ0n) is 6.86. The summed E-state index contributed by atoms with van der Waals surface area (Å²) in [4.78, 5) is 2.30. The molecule has 0 aromatic carbocycles. The molecule has 0 aliphatic carbocycles. The van der Waals surface area contributed by atoms with E-state index < -0.39 is 0 Å². The van der Waals surface area contributed by atoms with Gasteiger partial charge in [-0.2, -0.15) is 0 Å². The molecule has 2 heterocycles. The van der Waals surface area contributed by atoms with E-state index >= 15 is 0 Å². The number of fused-ring (bicyclic) bond motifs is 1. The normalized spacial score (nSPS) is 25.1. The Hall–Kier alpha value is -0.900. The van der Waals surface area contributed by atoms with E-state index in [0.717, 1.165) is 13.1 Å². The monoisotopic (exact) mass is 152 g/mol. The highest BCUT2D eigenvalue weighted by molar-refractivity contribution is 5.03. The number of likely N-dealkylation sites (N-methyl/N-ethyl adjacent to an activating group) is 1. The average Bonchev–Trinajstić information content (AvgIpc) is 2.45. The van der Waals surface area contributed by atoms with Crippen LogP contribution in [0.25, 0.3) is 0 Å². The zero-order chi connectivity index (χ0) is 7.84. The summed E-state index contributed by atoms with van der Waals surface area (Å²) in [5.41, 5.74) is 1.22. The molecule has 1 atom stereocenters. The Kier molecular flexibility index (Phi) is 1.42.